The van der Waals surface area contributed by atoms with Gasteiger partial charge in [-0.25, -0.2) is 0 Å². The molecule has 0 amide bonds. The lowest BCUT2D eigenvalue weighted by atomic mass is 10.1. The van der Waals surface area contributed by atoms with E-state index in [1.165, 1.54) is 28.3 Å². The number of aromatic amines is 1. The quantitative estimate of drug-likeness (QED) is 0.496. The molecule has 0 spiro atoms. The average Bonchev–Trinajstić information content (AvgIpc) is 3.28. The Hall–Kier alpha value is -2.57. The van der Waals surface area contributed by atoms with Crippen LogP contribution in [-0.2, 0) is 12.2 Å². The summed E-state index contributed by atoms with van der Waals surface area (Å²) in [6.07, 6.45) is 2.64. The smallest absolute Gasteiger partial charge is 0.276 e. The Labute approximate surface area is 156 Å². The average molecular weight is 364 g/mol. The van der Waals surface area contributed by atoms with Gasteiger partial charge in [0, 0.05) is 22.9 Å². The van der Waals surface area contributed by atoms with Gasteiger partial charge in [0.1, 0.15) is 0 Å². The molecule has 0 bridgehead atoms. The van der Waals surface area contributed by atoms with E-state index in [2.05, 4.69) is 58.5 Å². The molecule has 26 heavy (non-hydrogen) atoms. The SMILES string of the molecule is Cc1cccc(CSc2nnc([C@@H](N)Cc3c[nH]c4ccccc34)o2)c1. The number of aryl methyl sites for hydroxylation is 1. The van der Waals surface area contributed by atoms with Crippen LogP contribution in [0.25, 0.3) is 10.9 Å². The van der Waals surface area contributed by atoms with Gasteiger partial charge in [0.2, 0.25) is 5.89 Å². The molecule has 0 aliphatic carbocycles. The molecule has 0 radical (unpaired) electrons. The number of fused-ring (bicyclic) bond motifs is 1. The summed E-state index contributed by atoms with van der Waals surface area (Å²) in [5, 5.41) is 9.99. The minimum absolute atomic E-state index is 0.324. The molecule has 4 aromatic rings. The lowest BCUT2D eigenvalue weighted by molar-refractivity contribution is 0.385. The van der Waals surface area contributed by atoms with Crippen LogP contribution >= 0.6 is 11.8 Å². The molecule has 132 valence electrons. The van der Waals surface area contributed by atoms with E-state index >= 15 is 0 Å². The molecule has 5 nitrogen and oxygen atoms in total. The van der Waals surface area contributed by atoms with Crippen molar-refractivity contribution in [2.24, 2.45) is 5.73 Å². The van der Waals surface area contributed by atoms with E-state index in [-0.39, 0.29) is 6.04 Å². The van der Waals surface area contributed by atoms with Crippen molar-refractivity contribution in [3.63, 3.8) is 0 Å². The van der Waals surface area contributed by atoms with Gasteiger partial charge in [-0.05, 0) is 30.5 Å². The number of para-hydroxylation sites is 1. The van der Waals surface area contributed by atoms with E-state index in [0.29, 0.717) is 17.5 Å². The van der Waals surface area contributed by atoms with Crippen molar-refractivity contribution in [3.8, 4) is 0 Å². The number of nitrogens with one attached hydrogen (secondary N) is 1. The van der Waals surface area contributed by atoms with Crippen LogP contribution in [0.4, 0.5) is 0 Å². The molecule has 2 aromatic heterocycles. The lowest BCUT2D eigenvalue weighted by Crippen LogP contribution is -2.13. The Morgan fingerprint density at radius 1 is 1.15 bits per heavy atom. The van der Waals surface area contributed by atoms with E-state index in [9.17, 15) is 0 Å². The highest BCUT2D eigenvalue weighted by Gasteiger charge is 2.17. The lowest BCUT2D eigenvalue weighted by Gasteiger charge is -2.05. The van der Waals surface area contributed by atoms with E-state index in [4.69, 9.17) is 10.2 Å². The first-order valence-corrected chi connectivity index (χ1v) is 9.50. The van der Waals surface area contributed by atoms with Crippen LogP contribution in [0.5, 0.6) is 0 Å². The van der Waals surface area contributed by atoms with Crippen LogP contribution in [0.15, 0.2) is 64.4 Å². The molecular formula is C20H20N4OS. The van der Waals surface area contributed by atoms with Gasteiger partial charge < -0.3 is 15.1 Å². The molecule has 2 aromatic carbocycles. The minimum atomic E-state index is -0.324. The zero-order chi connectivity index (χ0) is 17.9. The maximum atomic E-state index is 6.30. The van der Waals surface area contributed by atoms with Crippen LogP contribution in [0.2, 0.25) is 0 Å². The fourth-order valence-electron chi connectivity index (χ4n) is 3.00. The highest BCUT2D eigenvalue weighted by atomic mass is 32.2. The van der Waals surface area contributed by atoms with E-state index in [1.54, 1.807) is 0 Å². The molecule has 2 heterocycles. The molecule has 6 heteroatoms. The second kappa shape index (κ2) is 7.35. The van der Waals surface area contributed by atoms with Gasteiger partial charge in [0.05, 0.1) is 6.04 Å². The Kier molecular flexibility index (Phi) is 4.77. The highest BCUT2D eigenvalue weighted by molar-refractivity contribution is 7.98. The monoisotopic (exact) mass is 364 g/mol. The third-order valence-corrected chi connectivity index (χ3v) is 5.19. The molecule has 0 aliphatic heterocycles. The first-order valence-electron chi connectivity index (χ1n) is 8.51. The highest BCUT2D eigenvalue weighted by Crippen LogP contribution is 2.26. The maximum Gasteiger partial charge on any atom is 0.276 e. The number of benzene rings is 2. The van der Waals surface area contributed by atoms with Crippen molar-refractivity contribution in [2.45, 2.75) is 30.4 Å². The van der Waals surface area contributed by atoms with Crippen LogP contribution in [0.1, 0.15) is 28.6 Å². The number of rotatable bonds is 6. The van der Waals surface area contributed by atoms with Gasteiger partial charge in [-0.3, -0.25) is 0 Å². The topological polar surface area (TPSA) is 80.7 Å². The van der Waals surface area contributed by atoms with E-state index in [0.717, 1.165) is 16.8 Å². The van der Waals surface area contributed by atoms with Crippen molar-refractivity contribution >= 4 is 22.7 Å². The third kappa shape index (κ3) is 3.66. The van der Waals surface area contributed by atoms with Crippen LogP contribution in [0, 0.1) is 6.92 Å². The number of H-pyrrole nitrogens is 1. The second-order valence-electron chi connectivity index (χ2n) is 6.35. The molecular weight excluding hydrogens is 344 g/mol. The van der Waals surface area contributed by atoms with Crippen molar-refractivity contribution in [3.05, 3.63) is 77.3 Å². The first kappa shape index (κ1) is 16.9. The predicted octanol–water partition coefficient (Wildman–Crippen LogP) is 4.39. The summed E-state index contributed by atoms with van der Waals surface area (Å²) in [6, 6.07) is 16.3. The summed E-state index contributed by atoms with van der Waals surface area (Å²) in [6.45, 7) is 2.09. The Bertz CT molecular complexity index is 1020. The number of aromatic nitrogens is 3. The number of hydrogen-bond donors (Lipinski definition) is 2. The molecule has 0 unspecified atom stereocenters. The molecule has 0 saturated heterocycles. The summed E-state index contributed by atoms with van der Waals surface area (Å²) in [4.78, 5) is 3.27. The molecule has 0 fully saturated rings. The summed E-state index contributed by atoms with van der Waals surface area (Å²) in [7, 11) is 0. The van der Waals surface area contributed by atoms with E-state index < -0.39 is 0 Å². The van der Waals surface area contributed by atoms with Crippen LogP contribution < -0.4 is 5.73 Å². The van der Waals surface area contributed by atoms with Crippen molar-refractivity contribution < 1.29 is 4.42 Å². The standard InChI is InChI=1S/C20H20N4OS/c1-13-5-4-6-14(9-13)12-26-20-24-23-19(25-20)17(21)10-15-11-22-18-8-3-2-7-16(15)18/h2-9,11,17,22H,10,12,21H2,1H3/t17-/m0/s1. The molecule has 4 rings (SSSR count). The third-order valence-electron chi connectivity index (χ3n) is 4.30. The summed E-state index contributed by atoms with van der Waals surface area (Å²) >= 11 is 1.53. The predicted molar refractivity (Wildman–Crippen MR) is 104 cm³/mol. The Balaban J connectivity index is 1.42. The van der Waals surface area contributed by atoms with E-state index in [1.807, 2.05) is 18.3 Å². The van der Waals surface area contributed by atoms with Gasteiger partial charge in [0.15, 0.2) is 0 Å². The number of hydrogen-bond acceptors (Lipinski definition) is 5. The van der Waals surface area contributed by atoms with Crippen LogP contribution in [-0.4, -0.2) is 15.2 Å². The minimum Gasteiger partial charge on any atom is -0.414 e. The van der Waals surface area contributed by atoms with Crippen molar-refractivity contribution in [1.29, 1.82) is 0 Å². The van der Waals surface area contributed by atoms with Gasteiger partial charge in [-0.2, -0.15) is 0 Å². The van der Waals surface area contributed by atoms with Gasteiger partial charge in [-0.1, -0.05) is 59.8 Å². The molecule has 1 atom stereocenters. The Morgan fingerprint density at radius 2 is 2.04 bits per heavy atom. The number of thioether (sulfide) groups is 1. The maximum absolute atomic E-state index is 6.30. The second-order valence-corrected chi connectivity index (χ2v) is 7.28. The summed E-state index contributed by atoms with van der Waals surface area (Å²) in [5.74, 6) is 1.27. The zero-order valence-electron chi connectivity index (χ0n) is 14.5. The molecule has 3 N–H and O–H groups in total. The molecule has 0 saturated carbocycles. The molecule has 0 aliphatic rings. The van der Waals surface area contributed by atoms with Gasteiger partial charge in [0.25, 0.3) is 5.22 Å². The van der Waals surface area contributed by atoms with Crippen molar-refractivity contribution in [1.82, 2.24) is 15.2 Å². The van der Waals surface area contributed by atoms with Gasteiger partial charge in [-0.15, -0.1) is 10.2 Å². The number of nitrogens with zero attached hydrogens (tertiary/aromatic N) is 2. The normalized spacial score (nSPS) is 12.5. The first-order chi connectivity index (χ1) is 12.7. The zero-order valence-corrected chi connectivity index (χ0v) is 15.3. The summed E-state index contributed by atoms with van der Waals surface area (Å²) < 4.78 is 5.76. The fourth-order valence-corrected chi connectivity index (χ4v) is 3.71. The number of nitrogens with two attached hydrogens (primary N) is 1. The largest absolute Gasteiger partial charge is 0.414 e. The summed E-state index contributed by atoms with van der Waals surface area (Å²) in [5.41, 5.74) is 11.0. The Morgan fingerprint density at radius 3 is 2.92 bits per heavy atom. The fraction of sp³-hybridized carbons (Fsp3) is 0.200. The van der Waals surface area contributed by atoms with Gasteiger partial charge >= 0.3 is 0 Å². The van der Waals surface area contributed by atoms with Crippen molar-refractivity contribution in [2.75, 3.05) is 0 Å². The van der Waals surface area contributed by atoms with Crippen LogP contribution in [0.3, 0.4) is 0 Å².